The zero-order chi connectivity index (χ0) is 21.5. The number of hydrogen-bond acceptors (Lipinski definition) is 4. The topological polar surface area (TPSA) is 64.0 Å². The number of carbonyl (C=O) groups is 1. The molecule has 1 aliphatic heterocycles. The van der Waals surface area contributed by atoms with Gasteiger partial charge < -0.3 is 5.32 Å². The molecule has 1 aliphatic rings. The predicted octanol–water partition coefficient (Wildman–Crippen LogP) is 4.99. The molecule has 0 saturated heterocycles. The molecular formula is C24H20BrN3O2S. The molecule has 0 bridgehead atoms. The van der Waals surface area contributed by atoms with E-state index in [0.717, 1.165) is 34.3 Å². The van der Waals surface area contributed by atoms with Gasteiger partial charge in [0.15, 0.2) is 0 Å². The summed E-state index contributed by atoms with van der Waals surface area (Å²) >= 11 is 4.78. The summed E-state index contributed by atoms with van der Waals surface area (Å²) in [5, 5.41) is 3.75. The van der Waals surface area contributed by atoms with Crippen LogP contribution in [-0.2, 0) is 13.0 Å². The Morgan fingerprint density at radius 1 is 1.13 bits per heavy atom. The van der Waals surface area contributed by atoms with E-state index in [1.165, 1.54) is 11.3 Å². The summed E-state index contributed by atoms with van der Waals surface area (Å²) in [6, 6.07) is 17.5. The Bertz CT molecular complexity index is 1340. The van der Waals surface area contributed by atoms with Crippen molar-refractivity contribution in [3.8, 4) is 0 Å². The Morgan fingerprint density at radius 3 is 2.58 bits per heavy atom. The van der Waals surface area contributed by atoms with E-state index in [4.69, 9.17) is 0 Å². The van der Waals surface area contributed by atoms with Gasteiger partial charge in [-0.25, -0.2) is 4.98 Å². The van der Waals surface area contributed by atoms with Crippen molar-refractivity contribution in [3.05, 3.63) is 96.8 Å². The molecular weight excluding hydrogens is 474 g/mol. The number of amides is 1. The fourth-order valence-corrected chi connectivity index (χ4v) is 5.51. The monoisotopic (exact) mass is 493 g/mol. The molecule has 7 heteroatoms. The highest BCUT2D eigenvalue weighted by Crippen LogP contribution is 2.30. The first kappa shape index (κ1) is 20.2. The third-order valence-corrected chi connectivity index (χ3v) is 7.44. The van der Waals surface area contributed by atoms with Crippen LogP contribution in [0.2, 0.25) is 0 Å². The molecule has 2 aromatic carbocycles. The zero-order valence-electron chi connectivity index (χ0n) is 16.9. The van der Waals surface area contributed by atoms with Gasteiger partial charge in [0.25, 0.3) is 11.5 Å². The van der Waals surface area contributed by atoms with Crippen molar-refractivity contribution < 1.29 is 4.79 Å². The van der Waals surface area contributed by atoms with Crippen molar-refractivity contribution in [2.24, 2.45) is 0 Å². The van der Waals surface area contributed by atoms with Crippen LogP contribution in [0.4, 0.5) is 0 Å². The quantitative estimate of drug-likeness (QED) is 0.435. The first-order valence-electron chi connectivity index (χ1n) is 10.2. The highest BCUT2D eigenvalue weighted by Gasteiger charge is 2.25. The third kappa shape index (κ3) is 3.62. The first-order chi connectivity index (χ1) is 15.0. The normalized spacial score (nSPS) is 13.9. The van der Waals surface area contributed by atoms with E-state index in [1.807, 2.05) is 61.5 Å². The maximum Gasteiger partial charge on any atom is 0.262 e. The van der Waals surface area contributed by atoms with Crippen LogP contribution in [0.1, 0.15) is 44.6 Å². The van der Waals surface area contributed by atoms with Gasteiger partial charge in [0.05, 0.1) is 16.3 Å². The number of aromatic nitrogens is 2. The molecule has 0 radical (unpaired) electrons. The van der Waals surface area contributed by atoms with Crippen molar-refractivity contribution in [3.63, 3.8) is 0 Å². The molecule has 31 heavy (non-hydrogen) atoms. The molecule has 0 saturated carbocycles. The maximum atomic E-state index is 13.4. The van der Waals surface area contributed by atoms with Crippen molar-refractivity contribution in [1.29, 1.82) is 0 Å². The van der Waals surface area contributed by atoms with E-state index in [-0.39, 0.29) is 17.5 Å². The number of nitrogens with zero attached hydrogens (tertiary/aromatic N) is 2. The highest BCUT2D eigenvalue weighted by molar-refractivity contribution is 9.10. The predicted molar refractivity (Wildman–Crippen MR) is 127 cm³/mol. The Labute approximate surface area is 191 Å². The fourth-order valence-electron chi connectivity index (χ4n) is 4.15. The van der Waals surface area contributed by atoms with Gasteiger partial charge in [-0.1, -0.05) is 58.4 Å². The van der Waals surface area contributed by atoms with Gasteiger partial charge in [0.1, 0.15) is 10.7 Å². The molecule has 156 valence electrons. The van der Waals surface area contributed by atoms with Crippen LogP contribution in [0, 0.1) is 6.92 Å². The van der Waals surface area contributed by atoms with Gasteiger partial charge in [0.2, 0.25) is 0 Å². The number of halogens is 1. The third-order valence-electron chi connectivity index (χ3n) is 5.73. The second kappa shape index (κ2) is 8.05. The van der Waals surface area contributed by atoms with Crippen LogP contribution in [-0.4, -0.2) is 15.5 Å². The number of hydrogen-bond donors (Lipinski definition) is 1. The summed E-state index contributed by atoms with van der Waals surface area (Å²) in [5.41, 5.74) is 2.66. The summed E-state index contributed by atoms with van der Waals surface area (Å²) in [6.07, 6.45) is 1.75. The van der Waals surface area contributed by atoms with Crippen molar-refractivity contribution >= 4 is 43.4 Å². The summed E-state index contributed by atoms with van der Waals surface area (Å²) in [6.45, 7) is 2.55. The first-order valence-corrected chi connectivity index (χ1v) is 11.8. The lowest BCUT2D eigenvalue weighted by Gasteiger charge is -2.20. The number of thiophene rings is 1. The molecule has 0 aliphatic carbocycles. The molecule has 5 nitrogen and oxygen atoms in total. The molecule has 2 aromatic heterocycles. The van der Waals surface area contributed by atoms with Crippen LogP contribution >= 0.6 is 27.3 Å². The van der Waals surface area contributed by atoms with E-state index < -0.39 is 0 Å². The SMILES string of the molecule is Cc1c(C(=O)NC(c2ccccc2)c2ccc(Br)cc2)sc2nc3n(c(=O)c12)CCC3. The summed E-state index contributed by atoms with van der Waals surface area (Å²) in [4.78, 5) is 32.2. The van der Waals surface area contributed by atoms with Crippen LogP contribution in [0.5, 0.6) is 0 Å². The van der Waals surface area contributed by atoms with E-state index in [2.05, 4.69) is 26.2 Å². The van der Waals surface area contributed by atoms with Crippen LogP contribution < -0.4 is 10.9 Å². The second-order valence-electron chi connectivity index (χ2n) is 7.69. The Morgan fingerprint density at radius 2 is 1.84 bits per heavy atom. The standard InChI is InChI=1S/C24H20BrN3O2S/c1-14-19-23(26-18-8-5-13-28(18)24(19)30)31-21(14)22(29)27-20(15-6-3-2-4-7-15)16-9-11-17(25)12-10-16/h2-4,6-7,9-12,20H,5,8,13H2,1H3,(H,27,29). The molecule has 1 atom stereocenters. The molecule has 1 N–H and O–H groups in total. The van der Waals surface area contributed by atoms with Gasteiger partial charge in [-0.3, -0.25) is 14.2 Å². The summed E-state index contributed by atoms with van der Waals surface area (Å²) in [7, 11) is 0. The number of carbonyl (C=O) groups excluding carboxylic acids is 1. The molecule has 3 heterocycles. The van der Waals surface area contributed by atoms with Gasteiger partial charge >= 0.3 is 0 Å². The Kier molecular flexibility index (Phi) is 5.24. The van der Waals surface area contributed by atoms with Gasteiger partial charge in [-0.15, -0.1) is 11.3 Å². The molecule has 4 aromatic rings. The van der Waals surface area contributed by atoms with E-state index in [0.29, 0.717) is 27.2 Å². The summed E-state index contributed by atoms with van der Waals surface area (Å²) in [5.74, 6) is 0.629. The van der Waals surface area contributed by atoms with Gasteiger partial charge in [-0.05, 0) is 42.2 Å². The average molecular weight is 494 g/mol. The second-order valence-corrected chi connectivity index (χ2v) is 9.61. The number of fused-ring (bicyclic) bond motifs is 2. The number of nitrogens with one attached hydrogen (secondary N) is 1. The molecule has 1 unspecified atom stereocenters. The van der Waals surface area contributed by atoms with Crippen molar-refractivity contribution in [1.82, 2.24) is 14.9 Å². The zero-order valence-corrected chi connectivity index (χ0v) is 19.3. The van der Waals surface area contributed by atoms with Crippen LogP contribution in [0.25, 0.3) is 10.2 Å². The smallest absolute Gasteiger partial charge is 0.262 e. The average Bonchev–Trinajstić information content (AvgIpc) is 3.38. The van der Waals surface area contributed by atoms with E-state index >= 15 is 0 Å². The maximum absolute atomic E-state index is 13.4. The molecule has 5 rings (SSSR count). The lowest BCUT2D eigenvalue weighted by Crippen LogP contribution is -2.29. The van der Waals surface area contributed by atoms with E-state index in [1.54, 1.807) is 4.57 Å². The van der Waals surface area contributed by atoms with Crippen molar-refractivity contribution in [2.45, 2.75) is 32.4 Å². The minimum absolute atomic E-state index is 0.0298. The molecule has 1 amide bonds. The van der Waals surface area contributed by atoms with Gasteiger partial charge in [0, 0.05) is 17.4 Å². The molecule has 0 spiro atoms. The Balaban J connectivity index is 1.55. The fraction of sp³-hybridized carbons (Fsp3) is 0.208. The largest absolute Gasteiger partial charge is 0.340 e. The minimum Gasteiger partial charge on any atom is -0.340 e. The summed E-state index contributed by atoms with van der Waals surface area (Å²) < 4.78 is 2.73. The number of benzene rings is 2. The lowest BCUT2D eigenvalue weighted by molar-refractivity contribution is 0.0946. The van der Waals surface area contributed by atoms with E-state index in [9.17, 15) is 9.59 Å². The number of aryl methyl sites for hydroxylation is 2. The lowest BCUT2D eigenvalue weighted by atomic mass is 9.98. The van der Waals surface area contributed by atoms with Gasteiger partial charge in [-0.2, -0.15) is 0 Å². The van der Waals surface area contributed by atoms with Crippen LogP contribution in [0.15, 0.2) is 63.9 Å². The Hall–Kier alpha value is -2.77. The molecule has 0 fully saturated rings. The van der Waals surface area contributed by atoms with Crippen molar-refractivity contribution in [2.75, 3.05) is 0 Å². The van der Waals surface area contributed by atoms with Crippen LogP contribution in [0.3, 0.4) is 0 Å². The minimum atomic E-state index is -0.300. The number of rotatable bonds is 4. The highest BCUT2D eigenvalue weighted by atomic mass is 79.9.